The van der Waals surface area contributed by atoms with E-state index >= 15 is 0 Å². The molecule has 11 heteroatoms. The zero-order valence-electron chi connectivity index (χ0n) is 17.6. The summed E-state index contributed by atoms with van der Waals surface area (Å²) in [5.74, 6) is 0.606. The molecule has 3 aliphatic heterocycles. The van der Waals surface area contributed by atoms with Gasteiger partial charge in [-0.05, 0) is 24.6 Å². The molecule has 0 bridgehead atoms. The van der Waals surface area contributed by atoms with Crippen LogP contribution < -0.4 is 5.32 Å². The number of esters is 1. The maximum Gasteiger partial charge on any atom is 0.407 e. The Balaban J connectivity index is 1.84. The number of alkyl carbamates (subject to hydrolysis) is 1. The number of hydrogen-bond donors (Lipinski definition) is 1. The highest BCUT2D eigenvalue weighted by Gasteiger charge is 2.43. The van der Waals surface area contributed by atoms with Crippen LogP contribution >= 0.6 is 27.7 Å². The van der Waals surface area contributed by atoms with Crippen molar-refractivity contribution in [3.8, 4) is 0 Å². The van der Waals surface area contributed by atoms with Crippen LogP contribution in [0.5, 0.6) is 0 Å². The quantitative estimate of drug-likeness (QED) is 0.593. The van der Waals surface area contributed by atoms with Crippen LogP contribution in [0.1, 0.15) is 24.9 Å². The molecule has 1 fully saturated rings. The average Bonchev–Trinajstić information content (AvgIpc) is 3.42. The molecule has 1 saturated heterocycles. The molecule has 8 nitrogen and oxygen atoms in total. The molecular weight excluding hydrogens is 503 g/mol. The Morgan fingerprint density at radius 2 is 2.22 bits per heavy atom. The molecule has 0 aromatic heterocycles. The third-order valence-corrected chi connectivity index (χ3v) is 6.96. The molecule has 1 aromatic rings. The van der Waals surface area contributed by atoms with Crippen molar-refractivity contribution in [2.24, 2.45) is 9.98 Å². The Kier molecular flexibility index (Phi) is 6.85. The van der Waals surface area contributed by atoms with E-state index in [9.17, 15) is 14.0 Å². The van der Waals surface area contributed by atoms with Gasteiger partial charge in [0, 0.05) is 35.4 Å². The molecule has 3 heterocycles. The fraction of sp³-hybridized carbons (Fsp3) is 0.429. The molecule has 170 valence electrons. The van der Waals surface area contributed by atoms with E-state index in [4.69, 9.17) is 14.5 Å². The normalized spacial score (nSPS) is 22.3. The van der Waals surface area contributed by atoms with Crippen LogP contribution in [-0.4, -0.2) is 66.4 Å². The molecule has 1 amide bonds. The number of carbonyl (C=O) groups is 2. The number of carbonyl (C=O) groups excluding carboxylic acids is 2. The molecule has 1 aromatic carbocycles. The van der Waals surface area contributed by atoms with E-state index in [2.05, 4.69) is 26.2 Å². The van der Waals surface area contributed by atoms with Gasteiger partial charge in [0.15, 0.2) is 5.84 Å². The minimum Gasteiger partial charge on any atom is -0.463 e. The van der Waals surface area contributed by atoms with Crippen molar-refractivity contribution < 1.29 is 23.5 Å². The minimum absolute atomic E-state index is 0.204. The SMILES string of the molecule is CCOC(=O)C1=C2CC(NC(=O)OC)CN2C(C2=NCCS2)=N[C@H]1c1ccc(F)cc1Br. The van der Waals surface area contributed by atoms with Gasteiger partial charge in [0.25, 0.3) is 0 Å². The van der Waals surface area contributed by atoms with Crippen molar-refractivity contribution >= 4 is 50.6 Å². The fourth-order valence-electron chi connectivity index (χ4n) is 3.97. The van der Waals surface area contributed by atoms with Crippen molar-refractivity contribution in [3.63, 3.8) is 0 Å². The van der Waals surface area contributed by atoms with Crippen molar-refractivity contribution in [2.45, 2.75) is 25.4 Å². The highest BCUT2D eigenvalue weighted by atomic mass is 79.9. The molecule has 0 aliphatic carbocycles. The van der Waals surface area contributed by atoms with Crippen LogP contribution in [0.2, 0.25) is 0 Å². The number of hydrogen-bond acceptors (Lipinski definition) is 8. The van der Waals surface area contributed by atoms with Gasteiger partial charge in [-0.25, -0.2) is 14.0 Å². The number of fused-ring (bicyclic) bond motifs is 1. The lowest BCUT2D eigenvalue weighted by atomic mass is 9.94. The van der Waals surface area contributed by atoms with E-state index in [1.54, 1.807) is 24.8 Å². The molecule has 1 unspecified atom stereocenters. The summed E-state index contributed by atoms with van der Waals surface area (Å²) in [4.78, 5) is 36.4. The first-order valence-electron chi connectivity index (χ1n) is 10.2. The smallest absolute Gasteiger partial charge is 0.407 e. The monoisotopic (exact) mass is 524 g/mol. The van der Waals surface area contributed by atoms with Gasteiger partial charge in [-0.1, -0.05) is 22.0 Å². The first kappa shape index (κ1) is 22.8. The van der Waals surface area contributed by atoms with E-state index in [0.717, 1.165) is 10.8 Å². The standard InChI is InChI=1S/C21H22BrFN4O4S/c1-3-31-20(28)16-15-9-12(25-21(29)30-2)10-27(15)18(19-24-6-7-32-19)26-17(16)13-5-4-11(23)8-14(13)22/h4-5,8,12,17H,3,6-7,9-10H2,1-2H3,(H,25,29)/t12?,17-/m0/s1. The minimum atomic E-state index is -0.703. The molecule has 32 heavy (non-hydrogen) atoms. The largest absolute Gasteiger partial charge is 0.463 e. The van der Waals surface area contributed by atoms with Gasteiger partial charge in [-0.2, -0.15) is 0 Å². The van der Waals surface area contributed by atoms with Crippen molar-refractivity contribution in [3.05, 3.63) is 45.3 Å². The highest BCUT2D eigenvalue weighted by molar-refractivity contribution is 9.10. The summed E-state index contributed by atoms with van der Waals surface area (Å²) in [7, 11) is 1.31. The summed E-state index contributed by atoms with van der Waals surface area (Å²) in [6.07, 6.45) is -0.146. The number of halogens is 2. The average molecular weight is 525 g/mol. The maximum absolute atomic E-state index is 13.8. The molecule has 0 saturated carbocycles. The Hall–Kier alpha value is -2.40. The van der Waals surface area contributed by atoms with Crippen LogP contribution in [0.4, 0.5) is 9.18 Å². The lowest BCUT2D eigenvalue weighted by Gasteiger charge is -2.32. The number of nitrogens with zero attached hydrogens (tertiary/aromatic N) is 3. The Morgan fingerprint density at radius 1 is 1.41 bits per heavy atom. The number of methoxy groups -OCH3 is 1. The van der Waals surface area contributed by atoms with Gasteiger partial charge in [-0.3, -0.25) is 9.98 Å². The van der Waals surface area contributed by atoms with Crippen LogP contribution in [-0.2, 0) is 14.3 Å². The molecule has 0 radical (unpaired) electrons. The van der Waals surface area contributed by atoms with Crippen molar-refractivity contribution in [1.29, 1.82) is 0 Å². The van der Waals surface area contributed by atoms with Crippen LogP contribution in [0, 0.1) is 5.82 Å². The van der Waals surface area contributed by atoms with E-state index in [1.807, 2.05) is 4.90 Å². The number of ether oxygens (including phenoxy) is 2. The van der Waals surface area contributed by atoms with E-state index < -0.39 is 23.9 Å². The van der Waals surface area contributed by atoms with Gasteiger partial charge in [-0.15, -0.1) is 11.8 Å². The number of benzene rings is 1. The fourth-order valence-corrected chi connectivity index (χ4v) is 5.39. The first-order valence-corrected chi connectivity index (χ1v) is 11.9. The zero-order valence-corrected chi connectivity index (χ0v) is 20.0. The van der Waals surface area contributed by atoms with Gasteiger partial charge >= 0.3 is 12.1 Å². The molecule has 0 spiro atoms. The highest BCUT2D eigenvalue weighted by Crippen LogP contribution is 2.42. The van der Waals surface area contributed by atoms with Gasteiger partial charge in [0.2, 0.25) is 0 Å². The molecule has 4 rings (SSSR count). The number of rotatable bonds is 5. The number of nitrogens with one attached hydrogen (secondary N) is 1. The number of aliphatic imine (C=N–C) groups is 2. The van der Waals surface area contributed by atoms with Gasteiger partial charge in [0.1, 0.15) is 16.9 Å². The molecular formula is C21H22BrFN4O4S. The topological polar surface area (TPSA) is 92.6 Å². The van der Waals surface area contributed by atoms with E-state index in [1.165, 1.54) is 19.2 Å². The lowest BCUT2D eigenvalue weighted by molar-refractivity contribution is -0.139. The Morgan fingerprint density at radius 3 is 2.88 bits per heavy atom. The zero-order chi connectivity index (χ0) is 22.8. The third kappa shape index (κ3) is 4.40. The van der Waals surface area contributed by atoms with Crippen molar-refractivity contribution in [2.75, 3.05) is 32.6 Å². The third-order valence-electron chi connectivity index (χ3n) is 5.30. The summed E-state index contributed by atoms with van der Waals surface area (Å²) >= 11 is 5.02. The van der Waals surface area contributed by atoms with Gasteiger partial charge in [0.05, 0.1) is 25.3 Å². The van der Waals surface area contributed by atoms with E-state index in [0.29, 0.717) is 46.7 Å². The number of amides is 1. The summed E-state index contributed by atoms with van der Waals surface area (Å²) in [6.45, 7) is 3.05. The second-order valence-electron chi connectivity index (χ2n) is 7.28. The first-order chi connectivity index (χ1) is 15.4. The molecule has 3 aliphatic rings. The number of amidine groups is 1. The summed E-state index contributed by atoms with van der Waals surface area (Å²) in [5, 5.41) is 3.60. The van der Waals surface area contributed by atoms with E-state index in [-0.39, 0.29) is 12.6 Å². The predicted octanol–water partition coefficient (Wildman–Crippen LogP) is 3.43. The summed E-state index contributed by atoms with van der Waals surface area (Å²) in [5.41, 5.74) is 1.74. The van der Waals surface area contributed by atoms with Crippen LogP contribution in [0.15, 0.2) is 43.9 Å². The molecule has 2 atom stereocenters. The summed E-state index contributed by atoms with van der Waals surface area (Å²) < 4.78 is 24.4. The van der Waals surface area contributed by atoms with Crippen LogP contribution in [0.3, 0.4) is 0 Å². The van der Waals surface area contributed by atoms with Crippen LogP contribution in [0.25, 0.3) is 0 Å². The lowest BCUT2D eigenvalue weighted by Crippen LogP contribution is -2.41. The molecule has 1 N–H and O–H groups in total. The second kappa shape index (κ2) is 9.62. The van der Waals surface area contributed by atoms with Gasteiger partial charge < -0.3 is 19.7 Å². The summed E-state index contributed by atoms with van der Waals surface area (Å²) in [6, 6.07) is 3.32. The maximum atomic E-state index is 13.8. The Bertz CT molecular complexity index is 1040. The second-order valence-corrected chi connectivity index (χ2v) is 9.22. The Labute approximate surface area is 197 Å². The number of thioether (sulfide) groups is 1. The predicted molar refractivity (Wildman–Crippen MR) is 123 cm³/mol. The van der Waals surface area contributed by atoms with Crippen molar-refractivity contribution in [1.82, 2.24) is 10.2 Å².